The number of hydrogen-bond donors (Lipinski definition) is 1. The van der Waals surface area contributed by atoms with Crippen LogP contribution in [0.25, 0.3) is 0 Å². The fourth-order valence-electron chi connectivity index (χ4n) is 1.31. The lowest BCUT2D eigenvalue weighted by atomic mass is 10.0. The summed E-state index contributed by atoms with van der Waals surface area (Å²) in [4.78, 5) is 11.4. The summed E-state index contributed by atoms with van der Waals surface area (Å²) >= 11 is 0. The highest BCUT2D eigenvalue weighted by Crippen LogP contribution is 2.24. The Hall–Kier alpha value is -2.06. The van der Waals surface area contributed by atoms with Crippen LogP contribution in [0, 0.1) is 11.3 Å². The normalized spacial score (nSPS) is 9.38. The Balaban J connectivity index is 3.39. The molecular weight excluding hydrogens is 210 g/mol. The van der Waals surface area contributed by atoms with Gasteiger partial charge in [0.25, 0.3) is 0 Å². The second-order valence-electron chi connectivity index (χ2n) is 2.97. The molecule has 1 N–H and O–H groups in total. The molecule has 0 radical (unpaired) electrons. The average molecular weight is 221 g/mol. The zero-order chi connectivity index (χ0) is 12.1. The molecule has 84 valence electrons. The molecule has 0 aliphatic rings. The van der Waals surface area contributed by atoms with E-state index in [0.29, 0.717) is 11.3 Å². The lowest BCUT2D eigenvalue weighted by molar-refractivity contribution is 0.0600. The Morgan fingerprint density at radius 2 is 2.19 bits per heavy atom. The van der Waals surface area contributed by atoms with Gasteiger partial charge < -0.3 is 14.6 Å². The molecule has 0 bridgehead atoms. The van der Waals surface area contributed by atoms with Crippen molar-refractivity contribution in [3.05, 3.63) is 28.8 Å². The van der Waals surface area contributed by atoms with E-state index >= 15 is 0 Å². The third-order valence-electron chi connectivity index (χ3n) is 2.12. The van der Waals surface area contributed by atoms with Gasteiger partial charge in [0.2, 0.25) is 0 Å². The number of methoxy groups -OCH3 is 2. The minimum Gasteiger partial charge on any atom is -0.496 e. The van der Waals surface area contributed by atoms with Crippen LogP contribution in [0.2, 0.25) is 0 Å². The molecule has 0 fully saturated rings. The molecule has 0 saturated carbocycles. The minimum absolute atomic E-state index is 0.124. The molecule has 5 nitrogen and oxygen atoms in total. The summed E-state index contributed by atoms with van der Waals surface area (Å²) in [6, 6.07) is 4.66. The first-order valence-electron chi connectivity index (χ1n) is 4.48. The van der Waals surface area contributed by atoms with Crippen LogP contribution in [0.1, 0.15) is 21.5 Å². The smallest absolute Gasteiger partial charge is 0.339 e. The van der Waals surface area contributed by atoms with Gasteiger partial charge >= 0.3 is 5.97 Å². The Morgan fingerprint density at radius 1 is 1.50 bits per heavy atom. The van der Waals surface area contributed by atoms with Crippen molar-refractivity contribution in [1.29, 1.82) is 5.26 Å². The van der Waals surface area contributed by atoms with E-state index < -0.39 is 5.97 Å². The Bertz CT molecular complexity index is 448. The zero-order valence-corrected chi connectivity index (χ0v) is 8.98. The Kier molecular flexibility index (Phi) is 3.86. The van der Waals surface area contributed by atoms with Gasteiger partial charge in [-0.25, -0.2) is 4.79 Å². The number of rotatable bonds is 3. The molecule has 0 unspecified atom stereocenters. The van der Waals surface area contributed by atoms with Crippen LogP contribution < -0.4 is 4.74 Å². The third-order valence-corrected chi connectivity index (χ3v) is 2.12. The summed E-state index contributed by atoms with van der Waals surface area (Å²) in [5.74, 6) is -0.263. The van der Waals surface area contributed by atoms with E-state index in [9.17, 15) is 4.79 Å². The molecule has 16 heavy (non-hydrogen) atoms. The van der Waals surface area contributed by atoms with Crippen molar-refractivity contribution in [1.82, 2.24) is 0 Å². The van der Waals surface area contributed by atoms with Crippen molar-refractivity contribution in [3.8, 4) is 11.8 Å². The molecular formula is C11H11NO4. The molecule has 1 rings (SSSR count). The number of ether oxygens (including phenoxy) is 2. The van der Waals surface area contributed by atoms with Crippen LogP contribution in [0.4, 0.5) is 0 Å². The molecule has 1 aromatic rings. The molecule has 1 aromatic carbocycles. The van der Waals surface area contributed by atoms with E-state index in [1.54, 1.807) is 0 Å². The second-order valence-corrected chi connectivity index (χ2v) is 2.97. The fourth-order valence-corrected chi connectivity index (χ4v) is 1.31. The number of esters is 1. The monoisotopic (exact) mass is 221 g/mol. The van der Waals surface area contributed by atoms with Crippen molar-refractivity contribution in [2.24, 2.45) is 0 Å². The molecule has 0 aliphatic heterocycles. The summed E-state index contributed by atoms with van der Waals surface area (Å²) in [6.45, 7) is -0.265. The molecule has 0 spiro atoms. The third kappa shape index (κ3) is 2.12. The van der Waals surface area contributed by atoms with E-state index in [1.165, 1.54) is 26.4 Å². The molecule has 0 aromatic heterocycles. The van der Waals surface area contributed by atoms with Gasteiger partial charge in [-0.15, -0.1) is 0 Å². The number of benzene rings is 1. The van der Waals surface area contributed by atoms with Crippen molar-refractivity contribution in [3.63, 3.8) is 0 Å². The van der Waals surface area contributed by atoms with Crippen LogP contribution in [0.5, 0.6) is 5.75 Å². The van der Waals surface area contributed by atoms with Gasteiger partial charge in [-0.05, 0) is 12.1 Å². The van der Waals surface area contributed by atoms with E-state index in [4.69, 9.17) is 15.1 Å². The first kappa shape index (κ1) is 12.0. The van der Waals surface area contributed by atoms with Crippen molar-refractivity contribution in [2.45, 2.75) is 6.61 Å². The highest BCUT2D eigenvalue weighted by molar-refractivity contribution is 5.92. The van der Waals surface area contributed by atoms with E-state index in [0.717, 1.165) is 0 Å². The Labute approximate surface area is 92.8 Å². The number of aliphatic hydroxyl groups is 1. The second kappa shape index (κ2) is 5.14. The van der Waals surface area contributed by atoms with Gasteiger partial charge in [-0.3, -0.25) is 0 Å². The number of aliphatic hydroxyl groups excluding tert-OH is 1. The predicted molar refractivity (Wildman–Crippen MR) is 55.0 cm³/mol. The van der Waals surface area contributed by atoms with Crippen molar-refractivity contribution >= 4 is 5.97 Å². The quantitative estimate of drug-likeness (QED) is 0.765. The topological polar surface area (TPSA) is 79.6 Å². The summed E-state index contributed by atoms with van der Waals surface area (Å²) in [5, 5.41) is 17.9. The highest BCUT2D eigenvalue weighted by Gasteiger charge is 2.16. The van der Waals surface area contributed by atoms with E-state index in [1.807, 2.05) is 6.07 Å². The predicted octanol–water partition coefficient (Wildman–Crippen LogP) is 0.846. The van der Waals surface area contributed by atoms with Crippen molar-refractivity contribution in [2.75, 3.05) is 14.2 Å². The zero-order valence-electron chi connectivity index (χ0n) is 8.98. The molecule has 0 aliphatic carbocycles. The summed E-state index contributed by atoms with van der Waals surface area (Å²) in [7, 11) is 2.65. The lowest BCUT2D eigenvalue weighted by Crippen LogP contribution is -2.06. The molecule has 0 saturated heterocycles. The SMILES string of the molecule is COC(=O)c1cc(OC)c(CO)cc1C#N. The largest absolute Gasteiger partial charge is 0.496 e. The van der Waals surface area contributed by atoms with Gasteiger partial charge in [-0.1, -0.05) is 0 Å². The van der Waals surface area contributed by atoms with Crippen LogP contribution >= 0.6 is 0 Å². The standard InChI is InChI=1S/C11H11NO4/c1-15-10-4-9(11(14)16-2)7(5-12)3-8(10)6-13/h3-4,13H,6H2,1-2H3. The van der Waals surface area contributed by atoms with Crippen LogP contribution in [0.3, 0.4) is 0 Å². The van der Waals surface area contributed by atoms with E-state index in [-0.39, 0.29) is 17.7 Å². The molecule has 0 atom stereocenters. The molecule has 0 heterocycles. The lowest BCUT2D eigenvalue weighted by Gasteiger charge is -2.09. The van der Waals surface area contributed by atoms with Gasteiger partial charge in [-0.2, -0.15) is 5.26 Å². The van der Waals surface area contributed by atoms with E-state index in [2.05, 4.69) is 4.74 Å². The first-order chi connectivity index (χ1) is 7.67. The van der Waals surface area contributed by atoms with Crippen LogP contribution in [-0.2, 0) is 11.3 Å². The maximum absolute atomic E-state index is 11.4. The number of nitrogens with zero attached hydrogens (tertiary/aromatic N) is 1. The molecule has 0 amide bonds. The van der Waals surface area contributed by atoms with Crippen LogP contribution in [0.15, 0.2) is 12.1 Å². The number of carbonyl (C=O) groups is 1. The summed E-state index contributed by atoms with van der Waals surface area (Å²) < 4.78 is 9.54. The summed E-state index contributed by atoms with van der Waals surface area (Å²) in [5.41, 5.74) is 0.724. The van der Waals surface area contributed by atoms with Crippen molar-refractivity contribution < 1.29 is 19.4 Å². The summed E-state index contributed by atoms with van der Waals surface area (Å²) in [6.07, 6.45) is 0. The number of hydrogen-bond acceptors (Lipinski definition) is 5. The highest BCUT2D eigenvalue weighted by atomic mass is 16.5. The number of carbonyl (C=O) groups excluding carboxylic acids is 1. The molecule has 5 heteroatoms. The Morgan fingerprint density at radius 3 is 2.62 bits per heavy atom. The fraction of sp³-hybridized carbons (Fsp3) is 0.273. The minimum atomic E-state index is -0.612. The number of nitriles is 1. The maximum atomic E-state index is 11.4. The average Bonchev–Trinajstić information content (AvgIpc) is 2.35. The first-order valence-corrected chi connectivity index (χ1v) is 4.48. The van der Waals surface area contributed by atoms with Gasteiger partial charge in [0.15, 0.2) is 0 Å². The van der Waals surface area contributed by atoms with Gasteiger partial charge in [0.05, 0.1) is 32.0 Å². The van der Waals surface area contributed by atoms with Gasteiger partial charge in [0.1, 0.15) is 11.8 Å². The van der Waals surface area contributed by atoms with Crippen LogP contribution in [-0.4, -0.2) is 25.3 Å². The maximum Gasteiger partial charge on any atom is 0.339 e. The van der Waals surface area contributed by atoms with Gasteiger partial charge in [0, 0.05) is 5.56 Å².